The molecule has 0 radical (unpaired) electrons. The molecule has 3 rings (SSSR count). The van der Waals surface area contributed by atoms with Crippen LogP contribution < -0.4 is 0 Å². The molecule has 0 aliphatic carbocycles. The van der Waals surface area contributed by atoms with Crippen molar-refractivity contribution in [3.05, 3.63) is 47.5 Å². The third-order valence-electron chi connectivity index (χ3n) is 2.40. The SMILES string of the molecule is Oc1cccc(-n2nc3ccc(Cl)cc3n2)c1. The highest BCUT2D eigenvalue weighted by Gasteiger charge is 2.05. The molecule has 0 saturated carbocycles. The van der Waals surface area contributed by atoms with Crippen LogP contribution >= 0.6 is 11.6 Å². The van der Waals surface area contributed by atoms with Crippen LogP contribution in [0, 0.1) is 0 Å². The molecule has 1 heterocycles. The summed E-state index contributed by atoms with van der Waals surface area (Å²) in [5, 5.41) is 18.6. The Kier molecular flexibility index (Phi) is 2.23. The highest BCUT2D eigenvalue weighted by atomic mass is 35.5. The monoisotopic (exact) mass is 245 g/mol. The van der Waals surface area contributed by atoms with Crippen LogP contribution in [0.1, 0.15) is 0 Å². The molecule has 0 bridgehead atoms. The lowest BCUT2D eigenvalue weighted by molar-refractivity contribution is 0.474. The van der Waals surface area contributed by atoms with Crippen molar-refractivity contribution in [1.29, 1.82) is 0 Å². The fraction of sp³-hybridized carbons (Fsp3) is 0. The summed E-state index contributed by atoms with van der Waals surface area (Å²) < 4.78 is 0. The molecule has 0 aliphatic heterocycles. The van der Waals surface area contributed by atoms with Crippen molar-refractivity contribution < 1.29 is 5.11 Å². The van der Waals surface area contributed by atoms with Gasteiger partial charge in [-0.1, -0.05) is 17.7 Å². The van der Waals surface area contributed by atoms with Gasteiger partial charge in [-0.2, -0.15) is 4.80 Å². The van der Waals surface area contributed by atoms with E-state index in [0.29, 0.717) is 10.7 Å². The van der Waals surface area contributed by atoms with E-state index < -0.39 is 0 Å². The smallest absolute Gasteiger partial charge is 0.117 e. The molecule has 0 atom stereocenters. The Bertz CT molecular complexity index is 693. The molecule has 0 aliphatic rings. The van der Waals surface area contributed by atoms with E-state index in [1.54, 1.807) is 30.3 Å². The van der Waals surface area contributed by atoms with Crippen molar-refractivity contribution in [3.63, 3.8) is 0 Å². The van der Waals surface area contributed by atoms with Gasteiger partial charge in [0.05, 0.1) is 5.69 Å². The Balaban J connectivity index is 2.18. The van der Waals surface area contributed by atoms with Crippen molar-refractivity contribution in [2.24, 2.45) is 0 Å². The number of aromatic nitrogens is 3. The fourth-order valence-corrected chi connectivity index (χ4v) is 1.79. The van der Waals surface area contributed by atoms with E-state index in [9.17, 15) is 5.11 Å². The average Bonchev–Trinajstić information content (AvgIpc) is 2.72. The Morgan fingerprint density at radius 3 is 2.65 bits per heavy atom. The van der Waals surface area contributed by atoms with Gasteiger partial charge in [0.15, 0.2) is 0 Å². The van der Waals surface area contributed by atoms with Crippen LogP contribution in [-0.2, 0) is 0 Å². The molecule has 0 spiro atoms. The normalized spacial score (nSPS) is 10.9. The van der Waals surface area contributed by atoms with Gasteiger partial charge in [-0.15, -0.1) is 10.2 Å². The largest absolute Gasteiger partial charge is 0.508 e. The second-order valence-electron chi connectivity index (χ2n) is 3.64. The van der Waals surface area contributed by atoms with Crippen molar-refractivity contribution in [2.75, 3.05) is 0 Å². The number of hydrogen-bond acceptors (Lipinski definition) is 3. The third kappa shape index (κ3) is 1.83. The van der Waals surface area contributed by atoms with Crippen LogP contribution in [0.3, 0.4) is 0 Å². The van der Waals surface area contributed by atoms with E-state index in [1.807, 2.05) is 12.1 Å². The molecule has 5 heteroatoms. The molecule has 2 aromatic carbocycles. The number of rotatable bonds is 1. The Morgan fingerprint density at radius 1 is 1.00 bits per heavy atom. The zero-order valence-corrected chi connectivity index (χ0v) is 9.46. The minimum atomic E-state index is 0.182. The zero-order chi connectivity index (χ0) is 11.8. The molecular weight excluding hydrogens is 238 g/mol. The Morgan fingerprint density at radius 2 is 1.82 bits per heavy atom. The van der Waals surface area contributed by atoms with Crippen LogP contribution in [0.2, 0.25) is 5.02 Å². The number of hydrogen-bond donors (Lipinski definition) is 1. The maximum atomic E-state index is 9.40. The van der Waals surface area contributed by atoms with Gasteiger partial charge in [-0.25, -0.2) is 0 Å². The van der Waals surface area contributed by atoms with Gasteiger partial charge in [-0.3, -0.25) is 0 Å². The lowest BCUT2D eigenvalue weighted by atomic mass is 10.3. The van der Waals surface area contributed by atoms with Crippen LogP contribution in [0.25, 0.3) is 16.7 Å². The number of phenolic OH excluding ortho intramolecular Hbond substituents is 1. The number of halogens is 1. The predicted octanol–water partition coefficient (Wildman–Crippen LogP) is 2.78. The lowest BCUT2D eigenvalue weighted by Crippen LogP contribution is -1.97. The van der Waals surface area contributed by atoms with Gasteiger partial charge in [-0.05, 0) is 30.3 Å². The summed E-state index contributed by atoms with van der Waals surface area (Å²) in [6.45, 7) is 0. The first-order chi connectivity index (χ1) is 8.22. The molecule has 0 unspecified atom stereocenters. The summed E-state index contributed by atoms with van der Waals surface area (Å²) >= 11 is 5.88. The molecule has 0 amide bonds. The Labute approximate surface area is 102 Å². The maximum absolute atomic E-state index is 9.40. The van der Waals surface area contributed by atoms with E-state index in [4.69, 9.17) is 11.6 Å². The highest BCUT2D eigenvalue weighted by Crippen LogP contribution is 2.18. The first kappa shape index (κ1) is 10.1. The standard InChI is InChI=1S/C12H8ClN3O/c13-8-4-5-11-12(6-8)15-16(14-11)9-2-1-3-10(17)7-9/h1-7,17H. The third-order valence-corrected chi connectivity index (χ3v) is 2.64. The lowest BCUT2D eigenvalue weighted by Gasteiger charge is -1.98. The highest BCUT2D eigenvalue weighted by molar-refractivity contribution is 6.31. The van der Waals surface area contributed by atoms with E-state index in [1.165, 1.54) is 4.80 Å². The second kappa shape index (κ2) is 3.75. The van der Waals surface area contributed by atoms with Crippen molar-refractivity contribution >= 4 is 22.6 Å². The van der Waals surface area contributed by atoms with Crippen LogP contribution in [0.5, 0.6) is 5.75 Å². The van der Waals surface area contributed by atoms with Gasteiger partial charge < -0.3 is 5.11 Å². The Hall–Kier alpha value is -2.07. The van der Waals surface area contributed by atoms with Crippen molar-refractivity contribution in [1.82, 2.24) is 15.0 Å². The van der Waals surface area contributed by atoms with Gasteiger partial charge in [0.2, 0.25) is 0 Å². The fourth-order valence-electron chi connectivity index (χ4n) is 1.62. The summed E-state index contributed by atoms with van der Waals surface area (Å²) in [5.74, 6) is 0.182. The molecule has 1 aromatic heterocycles. The van der Waals surface area contributed by atoms with Crippen molar-refractivity contribution in [3.8, 4) is 11.4 Å². The molecule has 1 N–H and O–H groups in total. The molecule has 0 saturated heterocycles. The topological polar surface area (TPSA) is 50.9 Å². The molecule has 0 fully saturated rings. The van der Waals surface area contributed by atoms with Crippen LogP contribution in [-0.4, -0.2) is 20.1 Å². The maximum Gasteiger partial charge on any atom is 0.117 e. The zero-order valence-electron chi connectivity index (χ0n) is 8.71. The molecule has 17 heavy (non-hydrogen) atoms. The van der Waals surface area contributed by atoms with Gasteiger partial charge in [0.25, 0.3) is 0 Å². The summed E-state index contributed by atoms with van der Waals surface area (Å²) in [7, 11) is 0. The molecule has 3 aromatic rings. The summed E-state index contributed by atoms with van der Waals surface area (Å²) in [6, 6.07) is 12.1. The van der Waals surface area contributed by atoms with Gasteiger partial charge in [0, 0.05) is 11.1 Å². The summed E-state index contributed by atoms with van der Waals surface area (Å²) in [6.07, 6.45) is 0. The van der Waals surface area contributed by atoms with E-state index in [-0.39, 0.29) is 5.75 Å². The molecule has 4 nitrogen and oxygen atoms in total. The number of aromatic hydroxyl groups is 1. The van der Waals surface area contributed by atoms with E-state index >= 15 is 0 Å². The van der Waals surface area contributed by atoms with Gasteiger partial charge in [0.1, 0.15) is 16.8 Å². The molecular formula is C12H8ClN3O. The summed E-state index contributed by atoms with van der Waals surface area (Å²) in [4.78, 5) is 1.47. The number of benzene rings is 2. The predicted molar refractivity (Wildman–Crippen MR) is 65.5 cm³/mol. The van der Waals surface area contributed by atoms with Crippen LogP contribution in [0.15, 0.2) is 42.5 Å². The van der Waals surface area contributed by atoms with Crippen molar-refractivity contribution in [2.45, 2.75) is 0 Å². The second-order valence-corrected chi connectivity index (χ2v) is 4.08. The average molecular weight is 246 g/mol. The minimum absolute atomic E-state index is 0.182. The van der Waals surface area contributed by atoms with E-state index in [0.717, 1.165) is 11.0 Å². The first-order valence-electron chi connectivity index (χ1n) is 5.04. The van der Waals surface area contributed by atoms with Crippen LogP contribution in [0.4, 0.5) is 0 Å². The number of fused-ring (bicyclic) bond motifs is 1. The summed E-state index contributed by atoms with van der Waals surface area (Å²) in [5.41, 5.74) is 2.19. The number of nitrogens with zero attached hydrogens (tertiary/aromatic N) is 3. The van der Waals surface area contributed by atoms with Gasteiger partial charge >= 0.3 is 0 Å². The minimum Gasteiger partial charge on any atom is -0.508 e. The van der Waals surface area contributed by atoms with E-state index in [2.05, 4.69) is 10.2 Å². The molecule has 84 valence electrons. The first-order valence-corrected chi connectivity index (χ1v) is 5.42. The number of phenols is 1. The quantitative estimate of drug-likeness (QED) is 0.717.